The Balaban J connectivity index is 1.65. The molecule has 3 nitrogen and oxygen atoms in total. The zero-order valence-electron chi connectivity index (χ0n) is 17.7. The lowest BCUT2D eigenvalue weighted by Gasteiger charge is -2.32. The van der Waals surface area contributed by atoms with Gasteiger partial charge in [-0.1, -0.05) is 60.3 Å². The summed E-state index contributed by atoms with van der Waals surface area (Å²) in [6.45, 7) is 9.80. The van der Waals surface area contributed by atoms with Crippen LogP contribution in [0.2, 0.25) is 0 Å². The highest BCUT2D eigenvalue weighted by Gasteiger charge is 2.52. The molecule has 0 bridgehead atoms. The Morgan fingerprint density at radius 3 is 2.38 bits per heavy atom. The Bertz CT molecular complexity index is 977. The van der Waals surface area contributed by atoms with Gasteiger partial charge in [0.2, 0.25) is 0 Å². The summed E-state index contributed by atoms with van der Waals surface area (Å²) in [6, 6.07) is 15.2. The van der Waals surface area contributed by atoms with Gasteiger partial charge in [0.25, 0.3) is 0 Å². The first kappa shape index (κ1) is 20.5. The molecule has 0 saturated carbocycles. The first-order valence-electron chi connectivity index (χ1n) is 10.1. The van der Waals surface area contributed by atoms with Crippen LogP contribution in [-0.4, -0.2) is 29.2 Å². The predicted molar refractivity (Wildman–Crippen MR) is 122 cm³/mol. The van der Waals surface area contributed by atoms with E-state index in [-0.39, 0.29) is 5.12 Å². The minimum absolute atomic E-state index is 0.0943. The van der Waals surface area contributed by atoms with Gasteiger partial charge in [0.05, 0.1) is 11.2 Å². The van der Waals surface area contributed by atoms with Crippen molar-refractivity contribution in [3.63, 3.8) is 0 Å². The van der Waals surface area contributed by atoms with Crippen LogP contribution in [0, 0.1) is 0 Å². The summed E-state index contributed by atoms with van der Waals surface area (Å²) in [5.41, 5.74) is 6.65. The van der Waals surface area contributed by atoms with E-state index < -0.39 is 18.3 Å². The van der Waals surface area contributed by atoms with Crippen molar-refractivity contribution in [1.82, 2.24) is 0 Å². The molecule has 2 aromatic rings. The number of hydrogen-bond donors (Lipinski definition) is 0. The summed E-state index contributed by atoms with van der Waals surface area (Å²) < 4.78 is 12.5. The molecule has 0 spiro atoms. The van der Waals surface area contributed by atoms with Crippen LogP contribution in [-0.2, 0) is 20.5 Å². The van der Waals surface area contributed by atoms with Crippen molar-refractivity contribution in [2.24, 2.45) is 0 Å². The Labute approximate surface area is 178 Å². The summed E-state index contributed by atoms with van der Waals surface area (Å²) >= 11 is 1.29. The molecule has 150 valence electrons. The van der Waals surface area contributed by atoms with E-state index in [0.717, 1.165) is 17.5 Å². The van der Waals surface area contributed by atoms with E-state index in [0.29, 0.717) is 5.75 Å². The molecular formula is C24H27BO3S. The summed E-state index contributed by atoms with van der Waals surface area (Å²) in [4.78, 5) is 11.6. The lowest BCUT2D eigenvalue weighted by Crippen LogP contribution is -2.41. The lowest BCUT2D eigenvalue weighted by molar-refractivity contribution is -0.109. The molecule has 4 rings (SSSR count). The number of carbonyl (C=O) groups is 1. The minimum atomic E-state index is -0.447. The maximum atomic E-state index is 11.6. The highest BCUT2D eigenvalue weighted by atomic mass is 32.2. The van der Waals surface area contributed by atoms with Gasteiger partial charge in [0, 0.05) is 12.7 Å². The Hall–Kier alpha value is -1.82. The second-order valence-corrected chi connectivity index (χ2v) is 9.99. The molecule has 1 heterocycles. The van der Waals surface area contributed by atoms with Gasteiger partial charge < -0.3 is 9.31 Å². The van der Waals surface area contributed by atoms with Crippen LogP contribution in [0.15, 0.2) is 47.9 Å². The van der Waals surface area contributed by atoms with E-state index in [4.69, 9.17) is 9.31 Å². The quantitative estimate of drug-likeness (QED) is 0.532. The van der Waals surface area contributed by atoms with Crippen LogP contribution in [0.25, 0.3) is 17.2 Å². The summed E-state index contributed by atoms with van der Waals surface area (Å²) in [5, 5.41) is 0.0943. The Kier molecular flexibility index (Phi) is 5.26. The van der Waals surface area contributed by atoms with E-state index in [1.54, 1.807) is 6.92 Å². The maximum Gasteiger partial charge on any atom is 0.491 e. The predicted octanol–water partition coefficient (Wildman–Crippen LogP) is 5.55. The highest BCUT2D eigenvalue weighted by molar-refractivity contribution is 8.13. The molecule has 0 radical (unpaired) electrons. The monoisotopic (exact) mass is 406 g/mol. The Morgan fingerprint density at radius 1 is 1.03 bits per heavy atom. The number of carbonyl (C=O) groups excluding carboxylic acids is 1. The zero-order valence-corrected chi connectivity index (χ0v) is 18.6. The molecule has 2 aromatic carbocycles. The molecule has 1 aliphatic carbocycles. The number of thioether (sulfide) groups is 1. The third-order valence-electron chi connectivity index (χ3n) is 6.17. The van der Waals surface area contributed by atoms with Gasteiger partial charge in [-0.25, -0.2) is 0 Å². The molecule has 0 amide bonds. The van der Waals surface area contributed by atoms with Gasteiger partial charge in [-0.3, -0.25) is 4.79 Å². The van der Waals surface area contributed by atoms with Crippen LogP contribution in [0.3, 0.4) is 0 Å². The van der Waals surface area contributed by atoms with Crippen LogP contribution in [0.5, 0.6) is 0 Å². The molecule has 5 heteroatoms. The topological polar surface area (TPSA) is 35.5 Å². The lowest BCUT2D eigenvalue weighted by atomic mass is 9.78. The van der Waals surface area contributed by atoms with Crippen molar-refractivity contribution in [1.29, 1.82) is 0 Å². The van der Waals surface area contributed by atoms with E-state index in [2.05, 4.69) is 76.2 Å². The average Bonchev–Trinajstić information content (AvgIpc) is 3.11. The molecule has 0 unspecified atom stereocenters. The summed E-state index contributed by atoms with van der Waals surface area (Å²) in [6.07, 6.45) is 3.09. The average molecular weight is 406 g/mol. The van der Waals surface area contributed by atoms with Gasteiger partial charge in [0.15, 0.2) is 5.12 Å². The van der Waals surface area contributed by atoms with Crippen LogP contribution < -0.4 is 0 Å². The summed E-state index contributed by atoms with van der Waals surface area (Å²) in [5.74, 6) is 0.559. The van der Waals surface area contributed by atoms with E-state index in [1.165, 1.54) is 34.0 Å². The molecule has 0 atom stereocenters. The molecule has 1 saturated heterocycles. The molecular weight excluding hydrogens is 379 g/mol. The van der Waals surface area contributed by atoms with Crippen molar-refractivity contribution < 1.29 is 14.1 Å². The van der Waals surface area contributed by atoms with Crippen LogP contribution in [0.4, 0.5) is 0 Å². The SMILES string of the molecule is CC(=O)SCC(=Cc1ccc2c(c1)Cc1ccccc1-2)B1OC(C)(C)C(C)(C)O1. The molecule has 0 aromatic heterocycles. The smallest absolute Gasteiger partial charge is 0.400 e. The van der Waals surface area contributed by atoms with Crippen LogP contribution in [0.1, 0.15) is 51.3 Å². The minimum Gasteiger partial charge on any atom is -0.400 e. The van der Waals surface area contributed by atoms with Crippen molar-refractivity contribution in [2.45, 2.75) is 52.2 Å². The first-order chi connectivity index (χ1) is 13.7. The van der Waals surface area contributed by atoms with Gasteiger partial charge in [-0.05, 0) is 67.4 Å². The van der Waals surface area contributed by atoms with Crippen molar-refractivity contribution in [3.05, 3.63) is 64.6 Å². The summed E-state index contributed by atoms with van der Waals surface area (Å²) in [7, 11) is -0.447. The second-order valence-electron chi connectivity index (χ2n) is 8.84. The molecule has 1 aliphatic heterocycles. The van der Waals surface area contributed by atoms with E-state index in [9.17, 15) is 4.79 Å². The van der Waals surface area contributed by atoms with Crippen molar-refractivity contribution in [3.8, 4) is 11.1 Å². The van der Waals surface area contributed by atoms with E-state index >= 15 is 0 Å². The fourth-order valence-corrected chi connectivity index (χ4v) is 4.42. The molecule has 2 aliphatic rings. The van der Waals surface area contributed by atoms with Crippen LogP contribution >= 0.6 is 11.8 Å². The second kappa shape index (κ2) is 7.46. The normalized spacial score (nSPS) is 19.2. The third kappa shape index (κ3) is 3.96. The standard InChI is InChI=1S/C24H27BO3S/c1-16(26)29-15-20(25-27-23(2,3)24(4,5)28-25)13-17-10-11-22-19(12-17)14-18-8-6-7-9-21(18)22/h6-13H,14-15H2,1-5H3. The highest BCUT2D eigenvalue weighted by Crippen LogP contribution is 2.40. The van der Waals surface area contributed by atoms with Gasteiger partial charge in [-0.2, -0.15) is 0 Å². The fraction of sp³-hybridized carbons (Fsp3) is 0.375. The van der Waals surface area contributed by atoms with Crippen molar-refractivity contribution in [2.75, 3.05) is 5.75 Å². The number of fused-ring (bicyclic) bond motifs is 3. The number of hydrogen-bond acceptors (Lipinski definition) is 4. The van der Waals surface area contributed by atoms with Gasteiger partial charge >= 0.3 is 7.12 Å². The van der Waals surface area contributed by atoms with Crippen molar-refractivity contribution >= 4 is 30.1 Å². The largest absolute Gasteiger partial charge is 0.491 e. The third-order valence-corrected chi connectivity index (χ3v) is 7.05. The molecule has 0 N–H and O–H groups in total. The number of benzene rings is 2. The molecule has 1 fully saturated rings. The molecule has 29 heavy (non-hydrogen) atoms. The maximum absolute atomic E-state index is 11.6. The zero-order chi connectivity index (χ0) is 20.8. The van der Waals surface area contributed by atoms with Gasteiger partial charge in [-0.15, -0.1) is 0 Å². The van der Waals surface area contributed by atoms with Gasteiger partial charge in [0.1, 0.15) is 0 Å². The fourth-order valence-electron chi connectivity index (χ4n) is 3.83. The first-order valence-corrected chi connectivity index (χ1v) is 11.1. The number of rotatable bonds is 4. The Morgan fingerprint density at radius 2 is 1.69 bits per heavy atom. The van der Waals surface area contributed by atoms with E-state index in [1.807, 2.05) is 0 Å².